The summed E-state index contributed by atoms with van der Waals surface area (Å²) in [7, 11) is 0. The number of hydrogen-bond acceptors (Lipinski definition) is 7. The maximum Gasteiger partial charge on any atom is 0.203 e. The molecule has 0 aromatic heterocycles. The molecule has 2 N–H and O–H groups in total. The van der Waals surface area contributed by atoms with Gasteiger partial charge < -0.3 is 15.2 Å². The molecule has 2 aliphatic heterocycles. The lowest BCUT2D eigenvalue weighted by Crippen LogP contribution is -2.62. The van der Waals surface area contributed by atoms with Gasteiger partial charge in [0.1, 0.15) is 11.6 Å². The van der Waals surface area contributed by atoms with E-state index in [1.54, 1.807) is 13.8 Å². The first-order chi connectivity index (χ1) is 9.96. The molecule has 0 saturated carbocycles. The van der Waals surface area contributed by atoms with Crippen LogP contribution >= 0.6 is 0 Å². The molecule has 21 heavy (non-hydrogen) atoms. The number of ether oxygens (including phenoxy) is 2. The highest BCUT2D eigenvalue weighted by molar-refractivity contribution is 5.46. The van der Waals surface area contributed by atoms with Gasteiger partial charge in [0.25, 0.3) is 0 Å². The number of rotatable bonds is 1. The highest BCUT2D eigenvalue weighted by Crippen LogP contribution is 2.48. The Morgan fingerprint density at radius 1 is 1.24 bits per heavy atom. The van der Waals surface area contributed by atoms with Crippen molar-refractivity contribution < 1.29 is 9.47 Å². The van der Waals surface area contributed by atoms with Gasteiger partial charge in [-0.05, 0) is 6.92 Å². The maximum absolute atomic E-state index is 9.55. The van der Waals surface area contributed by atoms with Gasteiger partial charge in [-0.15, -0.1) is 0 Å². The minimum atomic E-state index is -1.61. The summed E-state index contributed by atoms with van der Waals surface area (Å²) in [5, 5.41) is 28.4. The SMILES string of the molecule is CC1C(C#N)(C#N)C(C#N)=C(N)OC1(C)N1CCOCC1. The van der Waals surface area contributed by atoms with Gasteiger partial charge in [0.15, 0.2) is 11.1 Å². The van der Waals surface area contributed by atoms with E-state index in [1.165, 1.54) is 0 Å². The third kappa shape index (κ3) is 2.01. The number of hydrogen-bond donors (Lipinski definition) is 1. The van der Waals surface area contributed by atoms with Crippen molar-refractivity contribution in [1.29, 1.82) is 15.8 Å². The molecule has 2 heterocycles. The highest BCUT2D eigenvalue weighted by atomic mass is 16.5. The van der Waals surface area contributed by atoms with Crippen LogP contribution in [0.2, 0.25) is 0 Å². The van der Waals surface area contributed by atoms with Crippen LogP contribution in [0.4, 0.5) is 0 Å². The number of morpholine rings is 1. The van der Waals surface area contributed by atoms with Gasteiger partial charge in [0, 0.05) is 19.0 Å². The lowest BCUT2D eigenvalue weighted by atomic mass is 9.67. The van der Waals surface area contributed by atoms with Crippen LogP contribution in [-0.2, 0) is 9.47 Å². The number of allylic oxidation sites excluding steroid dienone is 1. The molecule has 2 atom stereocenters. The van der Waals surface area contributed by atoms with Gasteiger partial charge in [-0.25, -0.2) is 0 Å². The first kappa shape index (κ1) is 15.1. The quantitative estimate of drug-likeness (QED) is 0.742. The molecule has 1 saturated heterocycles. The van der Waals surface area contributed by atoms with Crippen molar-refractivity contribution in [3.8, 4) is 18.2 Å². The average molecular weight is 287 g/mol. The predicted molar refractivity (Wildman–Crippen MR) is 71.5 cm³/mol. The molecule has 0 amide bonds. The van der Waals surface area contributed by atoms with Crippen LogP contribution in [0, 0.1) is 45.3 Å². The van der Waals surface area contributed by atoms with Gasteiger partial charge in [0.2, 0.25) is 5.88 Å². The smallest absolute Gasteiger partial charge is 0.203 e. The van der Waals surface area contributed by atoms with Crippen LogP contribution in [-0.4, -0.2) is 36.9 Å². The first-order valence-corrected chi connectivity index (χ1v) is 6.71. The summed E-state index contributed by atoms with van der Waals surface area (Å²) in [5.41, 5.74) is 3.19. The lowest BCUT2D eigenvalue weighted by Gasteiger charge is -2.51. The summed E-state index contributed by atoms with van der Waals surface area (Å²) >= 11 is 0. The molecule has 0 aliphatic carbocycles. The van der Waals surface area contributed by atoms with E-state index in [0.717, 1.165) is 0 Å². The Morgan fingerprint density at radius 3 is 2.29 bits per heavy atom. The van der Waals surface area contributed by atoms with Crippen molar-refractivity contribution in [3.63, 3.8) is 0 Å². The molecule has 2 aliphatic rings. The molecule has 7 nitrogen and oxygen atoms in total. The molecule has 0 bridgehead atoms. The largest absolute Gasteiger partial charge is 0.457 e. The second-order valence-corrected chi connectivity index (χ2v) is 5.36. The van der Waals surface area contributed by atoms with E-state index in [2.05, 4.69) is 0 Å². The average Bonchev–Trinajstić information content (AvgIpc) is 2.51. The van der Waals surface area contributed by atoms with E-state index >= 15 is 0 Å². The summed E-state index contributed by atoms with van der Waals surface area (Å²) in [6.07, 6.45) is 0. The summed E-state index contributed by atoms with van der Waals surface area (Å²) < 4.78 is 11.1. The fourth-order valence-electron chi connectivity index (χ4n) is 2.99. The van der Waals surface area contributed by atoms with Crippen LogP contribution in [0.1, 0.15) is 13.8 Å². The Balaban J connectivity index is 2.54. The molecule has 0 aromatic carbocycles. The van der Waals surface area contributed by atoms with E-state index in [0.29, 0.717) is 26.3 Å². The Labute approximate surface area is 123 Å². The Kier molecular flexibility index (Phi) is 3.78. The number of nitriles is 3. The van der Waals surface area contributed by atoms with Crippen LogP contribution in [0.3, 0.4) is 0 Å². The topological polar surface area (TPSA) is 119 Å². The van der Waals surface area contributed by atoms with E-state index in [4.69, 9.17) is 15.2 Å². The van der Waals surface area contributed by atoms with E-state index in [-0.39, 0.29) is 11.5 Å². The summed E-state index contributed by atoms with van der Waals surface area (Å²) in [6, 6.07) is 5.83. The van der Waals surface area contributed by atoms with E-state index in [9.17, 15) is 15.8 Å². The first-order valence-electron chi connectivity index (χ1n) is 6.71. The predicted octanol–water partition coefficient (Wildman–Crippen LogP) is 0.429. The molecule has 0 spiro atoms. The van der Waals surface area contributed by atoms with Crippen LogP contribution in [0.15, 0.2) is 11.5 Å². The van der Waals surface area contributed by atoms with Gasteiger partial charge in [-0.3, -0.25) is 4.90 Å². The van der Waals surface area contributed by atoms with Crippen LogP contribution < -0.4 is 5.73 Å². The van der Waals surface area contributed by atoms with Gasteiger partial charge in [-0.1, -0.05) is 6.92 Å². The van der Waals surface area contributed by atoms with E-state index in [1.807, 2.05) is 23.1 Å². The standard InChI is InChI=1S/C14H17N5O2/c1-10-13(2,19-3-5-20-6-4-19)21-12(18)11(7-15)14(10,8-16)9-17/h10H,3-6,18H2,1-2H3. The maximum atomic E-state index is 9.55. The molecule has 0 radical (unpaired) electrons. The summed E-state index contributed by atoms with van der Waals surface area (Å²) in [5.74, 6) is -0.687. The van der Waals surface area contributed by atoms with Crippen molar-refractivity contribution in [2.75, 3.05) is 26.3 Å². The Bertz CT molecular complexity index is 574. The van der Waals surface area contributed by atoms with Crippen LogP contribution in [0.25, 0.3) is 0 Å². The van der Waals surface area contributed by atoms with Crippen molar-refractivity contribution >= 4 is 0 Å². The second kappa shape index (κ2) is 5.26. The zero-order valence-electron chi connectivity index (χ0n) is 12.1. The lowest BCUT2D eigenvalue weighted by molar-refractivity contribution is -0.193. The third-order valence-electron chi connectivity index (χ3n) is 4.51. The number of nitrogens with zero attached hydrogens (tertiary/aromatic N) is 4. The van der Waals surface area contributed by atoms with Gasteiger partial charge >= 0.3 is 0 Å². The molecule has 2 rings (SSSR count). The minimum absolute atomic E-state index is 0.106. The monoisotopic (exact) mass is 287 g/mol. The second-order valence-electron chi connectivity index (χ2n) is 5.36. The normalized spacial score (nSPS) is 32.4. The summed E-state index contributed by atoms with van der Waals surface area (Å²) in [4.78, 5) is 2.01. The minimum Gasteiger partial charge on any atom is -0.457 e. The molecule has 2 unspecified atom stereocenters. The van der Waals surface area contributed by atoms with Crippen molar-refractivity contribution in [3.05, 3.63) is 11.5 Å². The molecular formula is C14H17N5O2. The Hall–Kier alpha value is -2.27. The van der Waals surface area contributed by atoms with E-state index < -0.39 is 17.1 Å². The molecule has 0 aromatic rings. The molecule has 7 heteroatoms. The fourth-order valence-corrected chi connectivity index (χ4v) is 2.99. The van der Waals surface area contributed by atoms with Crippen LogP contribution in [0.5, 0.6) is 0 Å². The van der Waals surface area contributed by atoms with Gasteiger partial charge in [0.05, 0.1) is 25.4 Å². The van der Waals surface area contributed by atoms with Crippen molar-refractivity contribution in [2.45, 2.75) is 19.6 Å². The fraction of sp³-hybridized carbons (Fsp3) is 0.643. The van der Waals surface area contributed by atoms with Crippen molar-refractivity contribution in [2.24, 2.45) is 17.1 Å². The third-order valence-corrected chi connectivity index (χ3v) is 4.51. The molecule has 110 valence electrons. The molecule has 1 fully saturated rings. The zero-order valence-corrected chi connectivity index (χ0v) is 12.1. The molecular weight excluding hydrogens is 270 g/mol. The number of nitrogens with two attached hydrogens (primary N) is 1. The summed E-state index contributed by atoms with van der Waals surface area (Å²) in [6.45, 7) is 5.87. The van der Waals surface area contributed by atoms with Crippen molar-refractivity contribution in [1.82, 2.24) is 4.90 Å². The Morgan fingerprint density at radius 2 is 1.81 bits per heavy atom. The highest BCUT2D eigenvalue weighted by Gasteiger charge is 2.58. The van der Waals surface area contributed by atoms with Gasteiger partial charge in [-0.2, -0.15) is 15.8 Å². The zero-order chi connectivity index (χ0) is 15.7.